The molecule has 0 aliphatic heterocycles. The molecule has 0 aromatic rings. The van der Waals surface area contributed by atoms with Crippen molar-refractivity contribution in [1.29, 1.82) is 0 Å². The Bertz CT molecular complexity index is 142. The molecule has 0 saturated heterocycles. The number of hydrogen-bond donors (Lipinski definition) is 0. The fourth-order valence-corrected chi connectivity index (χ4v) is 2.27. The highest BCUT2D eigenvalue weighted by Gasteiger charge is 2.62. The normalized spacial score (nSPS) is 13.4. The first kappa shape index (κ1) is 14.4. The minimum Gasteiger partial charge on any atom is -0.196 e. The lowest BCUT2D eigenvalue weighted by molar-refractivity contribution is 0.136. The van der Waals surface area contributed by atoms with Gasteiger partial charge in [0.2, 0.25) is 0 Å². The Labute approximate surface area is 92.8 Å². The predicted octanol–water partition coefficient (Wildman–Crippen LogP) is 4.81. The van der Waals surface area contributed by atoms with Crippen LogP contribution in [0.4, 0.5) is 19.4 Å². The molecular formula is C2F5OS5. The van der Waals surface area contributed by atoms with Crippen molar-refractivity contribution in [2.75, 3.05) is 0 Å². The molecule has 0 atom stereocenters. The van der Waals surface area contributed by atoms with Gasteiger partial charge < -0.3 is 0 Å². The summed E-state index contributed by atoms with van der Waals surface area (Å²) in [6.45, 7) is 0. The Hall–Kier alpha value is 1.36. The van der Waals surface area contributed by atoms with Crippen molar-refractivity contribution in [3.05, 3.63) is 0 Å². The van der Waals surface area contributed by atoms with Crippen molar-refractivity contribution in [2.24, 2.45) is 0 Å². The molecule has 0 spiro atoms. The van der Waals surface area contributed by atoms with Crippen molar-refractivity contribution in [3.63, 3.8) is 0 Å². The summed E-state index contributed by atoms with van der Waals surface area (Å²) in [6.07, 6.45) is 0. The summed E-state index contributed by atoms with van der Waals surface area (Å²) in [6, 6.07) is 0. The average molecular weight is 295 g/mol. The number of rotatable bonds is 6. The number of halogens is 5. The first-order valence-corrected chi connectivity index (χ1v) is 5.83. The summed E-state index contributed by atoms with van der Waals surface area (Å²) in [4.78, 5) is 0. The van der Waals surface area contributed by atoms with Crippen molar-refractivity contribution in [2.45, 2.75) is 7.68 Å². The molecule has 0 aliphatic rings. The van der Waals surface area contributed by atoms with Crippen molar-refractivity contribution in [3.8, 4) is 0 Å². The maximum atomic E-state index is 12.0. The first-order chi connectivity index (χ1) is 6.05. The van der Waals surface area contributed by atoms with E-state index in [-0.39, 0.29) is 0 Å². The molecule has 0 N–H and O–H groups in total. The van der Waals surface area contributed by atoms with Gasteiger partial charge in [0, 0.05) is 0 Å². The number of hydrogen-bond acceptors (Lipinski definition) is 5. The smallest absolute Gasteiger partial charge is 0.196 e. The molecule has 13 heavy (non-hydrogen) atoms. The molecule has 0 bridgehead atoms. The third kappa shape index (κ3) is 2.68. The van der Waals surface area contributed by atoms with Crippen LogP contribution in [0.15, 0.2) is 0 Å². The summed E-state index contributed by atoms with van der Waals surface area (Å²) in [5.74, 6) is 0. The molecule has 0 rings (SSSR count). The second kappa shape index (κ2) is 6.05. The van der Waals surface area contributed by atoms with E-state index in [9.17, 15) is 24.5 Å². The standard InChI is InChI=1S/C2F5OS5/c3-9-1(8,10-4)2(11-5,12-6)13-7. The molecule has 11 heteroatoms. The van der Waals surface area contributed by atoms with Crippen LogP contribution in [0.2, 0.25) is 0 Å². The molecular weight excluding hydrogens is 295 g/mol. The molecule has 0 aromatic carbocycles. The molecule has 0 aromatic heterocycles. The van der Waals surface area contributed by atoms with Crippen LogP contribution in [-0.2, 0) is 5.11 Å². The third-order valence-corrected chi connectivity index (χ3v) is 5.66. The summed E-state index contributed by atoms with van der Waals surface area (Å²) in [5.41, 5.74) is 0. The van der Waals surface area contributed by atoms with Gasteiger partial charge in [-0.2, -0.15) is 24.5 Å². The van der Waals surface area contributed by atoms with E-state index in [2.05, 4.69) is 0 Å². The first-order valence-electron chi connectivity index (χ1n) is 2.25. The molecule has 0 heterocycles. The molecule has 1 nitrogen and oxygen atoms in total. The third-order valence-electron chi connectivity index (χ3n) is 0.883. The molecule has 0 fully saturated rings. The van der Waals surface area contributed by atoms with E-state index in [1.807, 2.05) is 0 Å². The second-order valence-electron chi connectivity index (χ2n) is 1.50. The molecule has 0 unspecified atom stereocenters. The van der Waals surface area contributed by atoms with Crippen LogP contribution in [0, 0.1) is 0 Å². The molecule has 1 radical (unpaired) electrons. The average Bonchev–Trinajstić information content (AvgIpc) is 2.20. The molecule has 79 valence electrons. The van der Waals surface area contributed by atoms with E-state index < -0.39 is 68.4 Å². The Kier molecular flexibility index (Phi) is 6.69. The highest BCUT2D eigenvalue weighted by molar-refractivity contribution is 8.32. The van der Waals surface area contributed by atoms with E-state index >= 15 is 0 Å². The quantitative estimate of drug-likeness (QED) is 0.516. The monoisotopic (exact) mass is 295 g/mol. The maximum absolute atomic E-state index is 12.0. The minimum absolute atomic E-state index is 1.08. The van der Waals surface area contributed by atoms with Crippen LogP contribution in [0.25, 0.3) is 0 Å². The van der Waals surface area contributed by atoms with E-state index in [0.29, 0.717) is 0 Å². The van der Waals surface area contributed by atoms with E-state index in [1.165, 1.54) is 0 Å². The van der Waals surface area contributed by atoms with Gasteiger partial charge >= 0.3 is 0 Å². The zero-order valence-electron chi connectivity index (χ0n) is 5.34. The van der Waals surface area contributed by atoms with E-state index in [4.69, 9.17) is 0 Å². The van der Waals surface area contributed by atoms with Gasteiger partial charge in [-0.25, -0.2) is 0 Å². The lowest BCUT2D eigenvalue weighted by Crippen LogP contribution is -2.37. The van der Waals surface area contributed by atoms with Gasteiger partial charge in [0.05, 0.1) is 36.4 Å². The molecule has 0 amide bonds. The van der Waals surface area contributed by atoms with E-state index in [1.54, 1.807) is 0 Å². The zero-order chi connectivity index (χ0) is 10.5. The Morgan fingerprint density at radius 3 is 1.08 bits per heavy atom. The lowest BCUT2D eigenvalue weighted by atomic mass is 10.8. The summed E-state index contributed by atoms with van der Waals surface area (Å²) in [7, 11) is 0. The zero-order valence-corrected chi connectivity index (χ0v) is 9.42. The van der Waals surface area contributed by atoms with Gasteiger partial charge in [0.1, 0.15) is 24.3 Å². The molecule has 0 saturated carbocycles. The lowest BCUT2D eigenvalue weighted by Gasteiger charge is -2.28. The van der Waals surface area contributed by atoms with Gasteiger partial charge in [0.15, 0.2) is 0 Å². The highest BCUT2D eigenvalue weighted by atomic mass is 32.3. The van der Waals surface area contributed by atoms with Gasteiger partial charge in [0.25, 0.3) is 7.68 Å². The van der Waals surface area contributed by atoms with Gasteiger partial charge in [-0.3, -0.25) is 0 Å². The highest BCUT2D eigenvalue weighted by Crippen LogP contribution is 2.63. The largest absolute Gasteiger partial charge is 0.294 e. The topological polar surface area (TPSA) is 19.9 Å². The van der Waals surface area contributed by atoms with Crippen LogP contribution in [-0.4, -0.2) is 7.68 Å². The van der Waals surface area contributed by atoms with Crippen molar-refractivity contribution in [1.82, 2.24) is 0 Å². The SMILES string of the molecule is [O]C(SF)(SF)C(SF)(SF)SF. The van der Waals surface area contributed by atoms with Crippen molar-refractivity contribution >= 4 is 60.7 Å². The Morgan fingerprint density at radius 2 is 1.00 bits per heavy atom. The van der Waals surface area contributed by atoms with Crippen LogP contribution in [0.1, 0.15) is 0 Å². The minimum atomic E-state index is -3.44. The van der Waals surface area contributed by atoms with Crippen LogP contribution in [0.5, 0.6) is 0 Å². The Morgan fingerprint density at radius 1 is 0.692 bits per heavy atom. The fraction of sp³-hybridized carbons (Fsp3) is 1.00. The van der Waals surface area contributed by atoms with Crippen molar-refractivity contribution < 1.29 is 24.5 Å². The van der Waals surface area contributed by atoms with E-state index in [0.717, 1.165) is 0 Å². The van der Waals surface area contributed by atoms with Gasteiger partial charge in [-0.15, -0.1) is 0 Å². The van der Waals surface area contributed by atoms with Crippen LogP contribution >= 0.6 is 60.7 Å². The van der Waals surface area contributed by atoms with Crippen LogP contribution in [0.3, 0.4) is 0 Å². The summed E-state index contributed by atoms with van der Waals surface area (Å²) < 4.78 is 53.4. The fourth-order valence-electron chi connectivity index (χ4n) is 0.284. The molecule has 0 aliphatic carbocycles. The maximum Gasteiger partial charge on any atom is 0.294 e. The van der Waals surface area contributed by atoms with Gasteiger partial charge in [-0.05, 0) is 0 Å². The summed E-state index contributed by atoms with van der Waals surface area (Å²) in [5, 5.41) is 10.9. The Balaban J connectivity index is 4.87. The van der Waals surface area contributed by atoms with Crippen LogP contribution < -0.4 is 0 Å². The second-order valence-corrected chi connectivity index (χ2v) is 6.29. The summed E-state index contributed by atoms with van der Waals surface area (Å²) >= 11 is -5.65. The predicted molar refractivity (Wildman–Crippen MR) is 49.6 cm³/mol. The van der Waals surface area contributed by atoms with Gasteiger partial charge in [-0.1, -0.05) is 0 Å².